The Bertz CT molecular complexity index is 1350. The minimum Gasteiger partial charge on any atom is -0.507 e. The number of rotatable bonds is 2. The Labute approximate surface area is 161 Å². The maximum atomic E-state index is 10.2. The minimum atomic E-state index is 0.160. The van der Waals surface area contributed by atoms with Gasteiger partial charge in [0.05, 0.1) is 10.9 Å². The molecule has 138 valence electrons. The number of benzene rings is 2. The summed E-state index contributed by atoms with van der Waals surface area (Å²) in [7, 11) is 0. The smallest absolute Gasteiger partial charge is 0.185 e. The summed E-state index contributed by atoms with van der Waals surface area (Å²) in [6.45, 7) is 6.25. The van der Waals surface area contributed by atoms with Crippen molar-refractivity contribution in [3.63, 3.8) is 0 Å². The van der Waals surface area contributed by atoms with E-state index in [4.69, 9.17) is 4.98 Å². The zero-order valence-corrected chi connectivity index (χ0v) is 15.9. The Balaban J connectivity index is 1.80. The molecule has 0 aliphatic heterocycles. The lowest BCUT2D eigenvalue weighted by Gasteiger charge is -2.08. The van der Waals surface area contributed by atoms with E-state index in [-0.39, 0.29) is 5.75 Å². The van der Waals surface area contributed by atoms with Crippen LogP contribution in [0.2, 0.25) is 0 Å². The summed E-state index contributed by atoms with van der Waals surface area (Å²) >= 11 is 0. The Hall–Kier alpha value is -3.67. The zero-order valence-electron chi connectivity index (χ0n) is 15.9. The Kier molecular flexibility index (Phi) is 3.49. The van der Waals surface area contributed by atoms with Gasteiger partial charge in [-0.15, -0.1) is 5.10 Å². The second kappa shape index (κ2) is 5.92. The maximum absolute atomic E-state index is 10.2. The third-order valence-corrected chi connectivity index (χ3v) is 5.27. The lowest BCUT2D eigenvalue weighted by Crippen LogP contribution is -1.99. The highest BCUT2D eigenvalue weighted by atomic mass is 16.3. The summed E-state index contributed by atoms with van der Waals surface area (Å²) in [5.74, 6) is 0.639. The van der Waals surface area contributed by atoms with Gasteiger partial charge in [0, 0.05) is 11.4 Å². The second-order valence-corrected chi connectivity index (χ2v) is 7.05. The van der Waals surface area contributed by atoms with E-state index in [1.165, 1.54) is 5.56 Å². The molecule has 28 heavy (non-hydrogen) atoms. The van der Waals surface area contributed by atoms with Crippen molar-refractivity contribution in [2.24, 2.45) is 0 Å². The highest BCUT2D eigenvalue weighted by Gasteiger charge is 2.19. The van der Waals surface area contributed by atoms with Crippen LogP contribution in [0.15, 0.2) is 54.9 Å². The van der Waals surface area contributed by atoms with Crippen LogP contribution >= 0.6 is 0 Å². The topological polar surface area (TPSA) is 68.2 Å². The molecular formula is C22H19N5O. The van der Waals surface area contributed by atoms with Gasteiger partial charge >= 0.3 is 0 Å². The number of aryl methyl sites for hydroxylation is 2. The van der Waals surface area contributed by atoms with Gasteiger partial charge < -0.3 is 5.11 Å². The minimum absolute atomic E-state index is 0.160. The maximum Gasteiger partial charge on any atom is 0.185 e. The first-order chi connectivity index (χ1) is 13.5. The largest absolute Gasteiger partial charge is 0.507 e. The van der Waals surface area contributed by atoms with Gasteiger partial charge in [0.15, 0.2) is 17.1 Å². The third kappa shape index (κ3) is 2.31. The van der Waals surface area contributed by atoms with Crippen LogP contribution in [-0.4, -0.2) is 29.3 Å². The molecule has 0 unspecified atom stereocenters. The van der Waals surface area contributed by atoms with Gasteiger partial charge in [-0.05, 0) is 50.6 Å². The fourth-order valence-corrected chi connectivity index (χ4v) is 3.65. The number of phenolic OH excluding ortho intramolecular Hbond substituents is 1. The van der Waals surface area contributed by atoms with Crippen molar-refractivity contribution in [2.75, 3.05) is 0 Å². The monoisotopic (exact) mass is 369 g/mol. The normalized spacial score (nSPS) is 11.5. The first-order valence-corrected chi connectivity index (χ1v) is 9.13. The van der Waals surface area contributed by atoms with Crippen molar-refractivity contribution in [3.8, 4) is 22.8 Å². The molecule has 2 aromatic carbocycles. The van der Waals surface area contributed by atoms with E-state index in [1.54, 1.807) is 23.0 Å². The molecule has 0 spiro atoms. The van der Waals surface area contributed by atoms with E-state index in [0.29, 0.717) is 11.4 Å². The number of hydrogen-bond donors (Lipinski definition) is 1. The van der Waals surface area contributed by atoms with E-state index in [9.17, 15) is 5.11 Å². The molecule has 0 saturated heterocycles. The number of para-hydroxylation sites is 1. The van der Waals surface area contributed by atoms with Crippen LogP contribution in [-0.2, 0) is 0 Å². The van der Waals surface area contributed by atoms with Gasteiger partial charge in [-0.25, -0.2) is 14.5 Å². The van der Waals surface area contributed by atoms with E-state index in [0.717, 1.165) is 33.6 Å². The predicted octanol–water partition coefficient (Wildman–Crippen LogP) is 4.37. The average molecular weight is 369 g/mol. The van der Waals surface area contributed by atoms with Gasteiger partial charge in [0.2, 0.25) is 0 Å². The van der Waals surface area contributed by atoms with E-state index < -0.39 is 0 Å². The summed E-state index contributed by atoms with van der Waals surface area (Å²) < 4.78 is 3.83. The molecule has 5 aromatic rings. The van der Waals surface area contributed by atoms with Crippen LogP contribution in [0.4, 0.5) is 0 Å². The molecule has 0 aliphatic rings. The molecule has 3 aromatic heterocycles. The first-order valence-electron chi connectivity index (χ1n) is 9.13. The van der Waals surface area contributed by atoms with Crippen LogP contribution in [0.25, 0.3) is 33.8 Å². The lowest BCUT2D eigenvalue weighted by atomic mass is 10.2. The fraction of sp³-hybridized carbons (Fsp3) is 0.136. The Morgan fingerprint density at radius 3 is 2.39 bits per heavy atom. The van der Waals surface area contributed by atoms with Crippen molar-refractivity contribution in [2.45, 2.75) is 20.8 Å². The molecule has 0 atom stereocenters. The molecule has 3 heterocycles. The van der Waals surface area contributed by atoms with Crippen LogP contribution in [0.5, 0.6) is 5.75 Å². The van der Waals surface area contributed by atoms with Crippen molar-refractivity contribution in [3.05, 3.63) is 71.7 Å². The van der Waals surface area contributed by atoms with Gasteiger partial charge in [-0.1, -0.05) is 29.8 Å². The molecule has 0 fully saturated rings. The molecule has 0 radical (unpaired) electrons. The first kappa shape index (κ1) is 16.5. The van der Waals surface area contributed by atoms with Crippen LogP contribution in [0.1, 0.15) is 16.8 Å². The van der Waals surface area contributed by atoms with Crippen LogP contribution in [0, 0.1) is 20.8 Å². The molecule has 1 N–H and O–H groups in total. The summed E-state index contributed by atoms with van der Waals surface area (Å²) in [6, 6.07) is 15.5. The van der Waals surface area contributed by atoms with E-state index in [1.807, 2.05) is 12.1 Å². The standard InChI is InChI=1S/C22H19N5O/c1-13-8-10-16(11-9-13)27-15(3)14(2)19-21(27)23-12-26-22(19)24-20(25-26)17-6-4-5-7-18(17)28/h4-12,28H,1-3H3. The highest BCUT2D eigenvalue weighted by Crippen LogP contribution is 2.32. The fourth-order valence-electron chi connectivity index (χ4n) is 3.65. The molecule has 0 bridgehead atoms. The number of aromatic hydroxyl groups is 1. The summed E-state index contributed by atoms with van der Waals surface area (Å²) in [4.78, 5) is 9.41. The van der Waals surface area contributed by atoms with Crippen molar-refractivity contribution < 1.29 is 5.11 Å². The highest BCUT2D eigenvalue weighted by molar-refractivity contribution is 5.95. The second-order valence-electron chi connectivity index (χ2n) is 7.05. The predicted molar refractivity (Wildman–Crippen MR) is 109 cm³/mol. The van der Waals surface area contributed by atoms with Gasteiger partial charge in [0.1, 0.15) is 12.1 Å². The molecule has 0 amide bonds. The van der Waals surface area contributed by atoms with Gasteiger partial charge in [0.25, 0.3) is 0 Å². The van der Waals surface area contributed by atoms with E-state index in [2.05, 4.69) is 59.7 Å². The Morgan fingerprint density at radius 1 is 0.893 bits per heavy atom. The quantitative estimate of drug-likeness (QED) is 0.502. The number of hydrogen-bond acceptors (Lipinski definition) is 4. The molecule has 0 saturated carbocycles. The van der Waals surface area contributed by atoms with Crippen LogP contribution in [0.3, 0.4) is 0 Å². The van der Waals surface area contributed by atoms with Gasteiger partial charge in [-0.2, -0.15) is 0 Å². The summed E-state index contributed by atoms with van der Waals surface area (Å²) in [5.41, 5.74) is 6.70. The molecule has 6 nitrogen and oxygen atoms in total. The third-order valence-electron chi connectivity index (χ3n) is 5.27. The molecule has 0 aliphatic carbocycles. The van der Waals surface area contributed by atoms with Crippen molar-refractivity contribution in [1.29, 1.82) is 0 Å². The summed E-state index contributed by atoms with van der Waals surface area (Å²) in [5, 5.41) is 15.7. The van der Waals surface area contributed by atoms with Crippen molar-refractivity contribution in [1.82, 2.24) is 24.1 Å². The SMILES string of the molecule is Cc1ccc(-n2c(C)c(C)c3c2ncn2nc(-c4ccccc4O)nc32)cc1. The lowest BCUT2D eigenvalue weighted by molar-refractivity contribution is 0.477. The number of fused-ring (bicyclic) bond motifs is 3. The van der Waals surface area contributed by atoms with E-state index >= 15 is 0 Å². The molecule has 5 rings (SSSR count). The molecular weight excluding hydrogens is 350 g/mol. The zero-order chi connectivity index (χ0) is 19.4. The Morgan fingerprint density at radius 2 is 1.64 bits per heavy atom. The van der Waals surface area contributed by atoms with Gasteiger partial charge in [-0.3, -0.25) is 4.57 Å². The average Bonchev–Trinajstić information content (AvgIpc) is 3.23. The van der Waals surface area contributed by atoms with Crippen molar-refractivity contribution >= 4 is 16.7 Å². The van der Waals surface area contributed by atoms with Crippen LogP contribution < -0.4 is 0 Å². The number of phenols is 1. The molecule has 6 heteroatoms. The number of aromatic nitrogens is 5. The number of nitrogens with zero attached hydrogens (tertiary/aromatic N) is 5. The summed E-state index contributed by atoms with van der Waals surface area (Å²) in [6.07, 6.45) is 1.68.